The SMILES string of the molecule is CC.CC(C)(C)C(=O)OCn1cnc(CCN2C(=O)c3ccccc3C2=O)c1. The van der Waals surface area contributed by atoms with Crippen molar-refractivity contribution in [1.82, 2.24) is 14.5 Å². The van der Waals surface area contributed by atoms with Gasteiger partial charge in [0, 0.05) is 19.2 Å². The van der Waals surface area contributed by atoms with Gasteiger partial charge in [-0.15, -0.1) is 0 Å². The number of amides is 2. The molecule has 7 nitrogen and oxygen atoms in total. The summed E-state index contributed by atoms with van der Waals surface area (Å²) < 4.78 is 6.88. The maximum absolute atomic E-state index is 12.3. The van der Waals surface area contributed by atoms with Gasteiger partial charge in [0.2, 0.25) is 0 Å². The van der Waals surface area contributed by atoms with Crippen LogP contribution >= 0.6 is 0 Å². The lowest BCUT2D eigenvalue weighted by Gasteiger charge is -2.16. The topological polar surface area (TPSA) is 81.5 Å². The number of ether oxygens (including phenoxy) is 1. The van der Waals surface area contributed by atoms with Crippen LogP contribution < -0.4 is 0 Å². The molecule has 28 heavy (non-hydrogen) atoms. The van der Waals surface area contributed by atoms with Gasteiger partial charge in [-0.1, -0.05) is 26.0 Å². The van der Waals surface area contributed by atoms with Crippen LogP contribution in [0.15, 0.2) is 36.8 Å². The Hall–Kier alpha value is -2.96. The van der Waals surface area contributed by atoms with E-state index in [1.807, 2.05) is 13.8 Å². The minimum absolute atomic E-state index is 0.0795. The van der Waals surface area contributed by atoms with Gasteiger partial charge < -0.3 is 9.30 Å². The molecule has 0 unspecified atom stereocenters. The molecule has 0 spiro atoms. The molecule has 0 bridgehead atoms. The number of carbonyl (C=O) groups excluding carboxylic acids is 3. The Labute approximate surface area is 165 Å². The largest absolute Gasteiger partial charge is 0.443 e. The van der Waals surface area contributed by atoms with Gasteiger partial charge in [0.15, 0.2) is 6.73 Å². The first-order valence-corrected chi connectivity index (χ1v) is 9.40. The molecule has 2 heterocycles. The van der Waals surface area contributed by atoms with Gasteiger partial charge in [0.1, 0.15) is 0 Å². The van der Waals surface area contributed by atoms with Crippen LogP contribution in [-0.2, 0) is 22.7 Å². The van der Waals surface area contributed by atoms with Crippen molar-refractivity contribution >= 4 is 17.8 Å². The van der Waals surface area contributed by atoms with Crippen LogP contribution in [-0.4, -0.2) is 38.8 Å². The van der Waals surface area contributed by atoms with Crippen molar-refractivity contribution in [1.29, 1.82) is 0 Å². The Balaban J connectivity index is 0.00000136. The number of rotatable bonds is 5. The van der Waals surface area contributed by atoms with Crippen LogP contribution in [0.3, 0.4) is 0 Å². The number of fused-ring (bicyclic) bond motifs is 1. The lowest BCUT2D eigenvalue weighted by atomic mass is 9.98. The molecule has 1 aliphatic rings. The standard InChI is InChI=1S/C19H21N3O4.C2H6/c1-19(2,3)18(25)26-12-21-10-13(20-11-21)8-9-22-16(23)14-6-4-5-7-15(14)17(22)24;1-2/h4-7,10-11H,8-9,12H2,1-3H3;1-2H3. The summed E-state index contributed by atoms with van der Waals surface area (Å²) in [6.45, 7) is 9.70. The van der Waals surface area contributed by atoms with Crippen molar-refractivity contribution < 1.29 is 19.1 Å². The Morgan fingerprint density at radius 3 is 2.18 bits per heavy atom. The zero-order chi connectivity index (χ0) is 20.9. The highest BCUT2D eigenvalue weighted by Gasteiger charge is 2.34. The minimum atomic E-state index is -0.561. The molecule has 7 heteroatoms. The molecule has 2 amide bonds. The molecule has 0 saturated carbocycles. The van der Waals surface area contributed by atoms with Crippen molar-refractivity contribution in [2.45, 2.75) is 47.8 Å². The summed E-state index contributed by atoms with van der Waals surface area (Å²) in [4.78, 5) is 41.9. The van der Waals surface area contributed by atoms with Gasteiger partial charge >= 0.3 is 5.97 Å². The Bertz CT molecular complexity index is 830. The monoisotopic (exact) mass is 385 g/mol. The van der Waals surface area contributed by atoms with E-state index >= 15 is 0 Å². The fourth-order valence-corrected chi connectivity index (χ4v) is 2.62. The number of nitrogens with zero attached hydrogens (tertiary/aromatic N) is 3. The Morgan fingerprint density at radius 1 is 1.07 bits per heavy atom. The first kappa shape index (κ1) is 21.3. The lowest BCUT2D eigenvalue weighted by Crippen LogP contribution is -2.31. The summed E-state index contributed by atoms with van der Waals surface area (Å²) in [5.74, 6) is -0.841. The molecule has 0 saturated heterocycles. The summed E-state index contributed by atoms with van der Waals surface area (Å²) in [6, 6.07) is 6.81. The Kier molecular flexibility index (Phi) is 6.72. The summed E-state index contributed by atoms with van der Waals surface area (Å²) in [5.41, 5.74) is 1.04. The van der Waals surface area contributed by atoms with Crippen molar-refractivity contribution in [3.63, 3.8) is 0 Å². The molecule has 0 aliphatic carbocycles. The molecule has 2 aromatic rings. The summed E-state index contributed by atoms with van der Waals surface area (Å²) in [6.07, 6.45) is 3.74. The fourth-order valence-electron chi connectivity index (χ4n) is 2.62. The van der Waals surface area contributed by atoms with Gasteiger partial charge in [-0.2, -0.15) is 0 Å². The summed E-state index contributed by atoms with van der Waals surface area (Å²) in [5, 5.41) is 0. The molecule has 3 rings (SSSR count). The number of hydrogen-bond acceptors (Lipinski definition) is 5. The van der Waals surface area contributed by atoms with E-state index in [-0.39, 0.29) is 31.1 Å². The van der Waals surface area contributed by atoms with Crippen LogP contribution in [0, 0.1) is 5.41 Å². The minimum Gasteiger partial charge on any atom is -0.443 e. The predicted molar refractivity (Wildman–Crippen MR) is 105 cm³/mol. The molecule has 0 radical (unpaired) electrons. The van der Waals surface area contributed by atoms with E-state index in [0.29, 0.717) is 23.2 Å². The number of imidazole rings is 1. The average molecular weight is 385 g/mol. The zero-order valence-corrected chi connectivity index (χ0v) is 17.1. The molecular formula is C21H27N3O4. The van der Waals surface area contributed by atoms with Gasteiger partial charge in [-0.05, 0) is 32.9 Å². The smallest absolute Gasteiger partial charge is 0.312 e. The Morgan fingerprint density at radius 2 is 1.64 bits per heavy atom. The zero-order valence-electron chi connectivity index (χ0n) is 17.1. The molecule has 150 valence electrons. The number of esters is 1. The number of benzene rings is 1. The van der Waals surface area contributed by atoms with E-state index < -0.39 is 5.41 Å². The van der Waals surface area contributed by atoms with Crippen LogP contribution in [0.1, 0.15) is 61.0 Å². The second kappa shape index (κ2) is 8.82. The maximum Gasteiger partial charge on any atom is 0.312 e. The molecule has 0 atom stereocenters. The number of imide groups is 1. The van der Waals surface area contributed by atoms with Gasteiger partial charge in [0.05, 0.1) is 28.6 Å². The van der Waals surface area contributed by atoms with Crippen molar-refractivity contribution in [3.05, 3.63) is 53.6 Å². The molecule has 1 aromatic carbocycles. The van der Waals surface area contributed by atoms with Gasteiger partial charge in [-0.3, -0.25) is 19.3 Å². The van der Waals surface area contributed by atoms with Crippen LogP contribution in [0.5, 0.6) is 0 Å². The van der Waals surface area contributed by atoms with Crippen molar-refractivity contribution in [2.24, 2.45) is 5.41 Å². The molecular weight excluding hydrogens is 358 g/mol. The molecule has 0 N–H and O–H groups in total. The second-order valence-corrected chi connectivity index (χ2v) is 7.25. The van der Waals surface area contributed by atoms with Crippen LogP contribution in [0.2, 0.25) is 0 Å². The van der Waals surface area contributed by atoms with Crippen molar-refractivity contribution in [2.75, 3.05) is 6.54 Å². The molecule has 1 aromatic heterocycles. The quantitative estimate of drug-likeness (QED) is 0.583. The maximum atomic E-state index is 12.3. The molecule has 0 fully saturated rings. The second-order valence-electron chi connectivity index (χ2n) is 7.25. The van der Waals surface area contributed by atoms with Gasteiger partial charge in [0.25, 0.3) is 11.8 Å². The van der Waals surface area contributed by atoms with E-state index in [9.17, 15) is 14.4 Å². The fraction of sp³-hybridized carbons (Fsp3) is 0.429. The number of carbonyl (C=O) groups is 3. The predicted octanol–water partition coefficient (Wildman–Crippen LogP) is 3.29. The average Bonchev–Trinajstić information content (AvgIpc) is 3.23. The first-order valence-electron chi connectivity index (χ1n) is 9.40. The van der Waals surface area contributed by atoms with E-state index in [1.54, 1.807) is 62.1 Å². The van der Waals surface area contributed by atoms with Crippen molar-refractivity contribution in [3.8, 4) is 0 Å². The third kappa shape index (κ3) is 4.65. The van der Waals surface area contributed by atoms with E-state index in [2.05, 4.69) is 4.98 Å². The number of aromatic nitrogens is 2. The highest BCUT2D eigenvalue weighted by atomic mass is 16.5. The van der Waals surface area contributed by atoms with Crippen LogP contribution in [0.25, 0.3) is 0 Å². The number of hydrogen-bond donors (Lipinski definition) is 0. The third-order valence-corrected chi connectivity index (χ3v) is 4.11. The van der Waals surface area contributed by atoms with E-state index in [4.69, 9.17) is 4.74 Å². The van der Waals surface area contributed by atoms with E-state index in [1.165, 1.54) is 4.90 Å². The molecule has 1 aliphatic heterocycles. The highest BCUT2D eigenvalue weighted by molar-refractivity contribution is 6.21. The normalized spacial score (nSPS) is 13.1. The lowest BCUT2D eigenvalue weighted by molar-refractivity contribution is -0.156. The van der Waals surface area contributed by atoms with E-state index in [0.717, 1.165) is 0 Å². The van der Waals surface area contributed by atoms with Gasteiger partial charge in [-0.25, -0.2) is 4.98 Å². The summed E-state index contributed by atoms with van der Waals surface area (Å²) in [7, 11) is 0. The summed E-state index contributed by atoms with van der Waals surface area (Å²) >= 11 is 0. The third-order valence-electron chi connectivity index (χ3n) is 4.11. The first-order chi connectivity index (χ1) is 13.3. The highest BCUT2D eigenvalue weighted by Crippen LogP contribution is 2.22. The van der Waals surface area contributed by atoms with Crippen LogP contribution in [0.4, 0.5) is 0 Å².